The minimum Gasteiger partial charge on any atom is -0.494 e. The summed E-state index contributed by atoms with van der Waals surface area (Å²) < 4.78 is 24.6. The van der Waals surface area contributed by atoms with Crippen molar-refractivity contribution in [2.24, 2.45) is 4.99 Å². The standard InChI is InChI=1S/C27H27BrN2O6S/c1-6-35-17-10-8-9-16(11-17)12-22-25(31)30-24(18-13-20(33-4)21(34-5)14-19(18)28)23(26(32)36-7-2)15(3)29-27(30)37-22/h8-14,24H,6-7H2,1-5H3/b22-12-/t24-/m1/s1. The fourth-order valence-corrected chi connectivity index (χ4v) is 5.76. The lowest BCUT2D eigenvalue weighted by molar-refractivity contribution is -0.139. The molecule has 0 amide bonds. The quantitative estimate of drug-likeness (QED) is 0.371. The Morgan fingerprint density at radius 3 is 2.54 bits per heavy atom. The van der Waals surface area contributed by atoms with E-state index in [1.54, 1.807) is 39.2 Å². The lowest BCUT2D eigenvalue weighted by Gasteiger charge is -2.26. The maximum Gasteiger partial charge on any atom is 0.338 e. The average molecular weight is 587 g/mol. The number of esters is 1. The fraction of sp³-hybridized carbons (Fsp3) is 0.296. The molecule has 0 bridgehead atoms. The van der Waals surface area contributed by atoms with Crippen LogP contribution in [0.15, 0.2) is 61.9 Å². The Labute approximate surface area is 226 Å². The molecule has 0 saturated heterocycles. The topological polar surface area (TPSA) is 88.4 Å². The Kier molecular flexibility index (Phi) is 8.19. The molecule has 2 heterocycles. The molecule has 0 fully saturated rings. The third-order valence-electron chi connectivity index (χ3n) is 5.78. The van der Waals surface area contributed by atoms with Crippen molar-refractivity contribution in [3.8, 4) is 17.2 Å². The van der Waals surface area contributed by atoms with E-state index in [0.29, 0.717) is 43.2 Å². The maximum atomic E-state index is 13.8. The molecular weight excluding hydrogens is 560 g/mol. The maximum absolute atomic E-state index is 13.8. The van der Waals surface area contributed by atoms with Crippen LogP contribution in [0.5, 0.6) is 17.2 Å². The number of carbonyl (C=O) groups excluding carboxylic acids is 1. The van der Waals surface area contributed by atoms with Crippen molar-refractivity contribution in [3.05, 3.63) is 83.0 Å². The lowest BCUT2D eigenvalue weighted by Crippen LogP contribution is -2.40. The number of benzene rings is 2. The summed E-state index contributed by atoms with van der Waals surface area (Å²) in [4.78, 5) is 32.1. The molecule has 10 heteroatoms. The molecule has 194 valence electrons. The first-order valence-electron chi connectivity index (χ1n) is 11.7. The number of allylic oxidation sites excluding steroid dienone is 1. The van der Waals surface area contributed by atoms with E-state index in [1.807, 2.05) is 31.2 Å². The number of rotatable bonds is 8. The molecule has 0 aliphatic carbocycles. The van der Waals surface area contributed by atoms with Crippen LogP contribution < -0.4 is 29.1 Å². The summed E-state index contributed by atoms with van der Waals surface area (Å²) in [6.07, 6.45) is 1.80. The number of carbonyl (C=O) groups is 1. The van der Waals surface area contributed by atoms with Gasteiger partial charge in [0, 0.05) is 4.47 Å². The number of thiazole rings is 1. The van der Waals surface area contributed by atoms with E-state index in [4.69, 9.17) is 18.9 Å². The van der Waals surface area contributed by atoms with E-state index in [1.165, 1.54) is 23.0 Å². The number of nitrogens with zero attached hydrogens (tertiary/aromatic N) is 2. The van der Waals surface area contributed by atoms with E-state index in [9.17, 15) is 9.59 Å². The summed E-state index contributed by atoms with van der Waals surface area (Å²) in [5, 5.41) is 0. The summed E-state index contributed by atoms with van der Waals surface area (Å²) in [6.45, 7) is 6.13. The normalized spacial score (nSPS) is 15.2. The van der Waals surface area contributed by atoms with E-state index < -0.39 is 12.0 Å². The zero-order valence-electron chi connectivity index (χ0n) is 21.2. The van der Waals surface area contributed by atoms with Crippen molar-refractivity contribution in [3.63, 3.8) is 0 Å². The smallest absolute Gasteiger partial charge is 0.338 e. The molecule has 3 aromatic rings. The molecule has 0 saturated carbocycles. The van der Waals surface area contributed by atoms with Crippen LogP contribution in [0.3, 0.4) is 0 Å². The molecular formula is C27H27BrN2O6S. The molecule has 8 nitrogen and oxygen atoms in total. The molecule has 0 radical (unpaired) electrons. The molecule has 1 aromatic heterocycles. The van der Waals surface area contributed by atoms with Gasteiger partial charge in [-0.05, 0) is 62.2 Å². The summed E-state index contributed by atoms with van der Waals surface area (Å²) >= 11 is 4.87. The minimum absolute atomic E-state index is 0.191. The van der Waals surface area contributed by atoms with Gasteiger partial charge in [-0.2, -0.15) is 0 Å². The predicted molar refractivity (Wildman–Crippen MR) is 145 cm³/mol. The second-order valence-electron chi connectivity index (χ2n) is 8.04. The van der Waals surface area contributed by atoms with Gasteiger partial charge in [-0.3, -0.25) is 9.36 Å². The first-order chi connectivity index (χ1) is 17.8. The van der Waals surface area contributed by atoms with Crippen molar-refractivity contribution >= 4 is 39.3 Å². The molecule has 1 aliphatic heterocycles. The van der Waals surface area contributed by atoms with Gasteiger partial charge in [-0.25, -0.2) is 9.79 Å². The van der Waals surface area contributed by atoms with Crippen LogP contribution in [-0.4, -0.2) is 38.0 Å². The third kappa shape index (κ3) is 5.21. The van der Waals surface area contributed by atoms with Gasteiger partial charge in [0.1, 0.15) is 5.75 Å². The van der Waals surface area contributed by atoms with Crippen molar-refractivity contribution in [2.75, 3.05) is 27.4 Å². The van der Waals surface area contributed by atoms with Crippen molar-refractivity contribution < 1.29 is 23.7 Å². The van der Waals surface area contributed by atoms with Crippen molar-refractivity contribution in [1.82, 2.24) is 4.57 Å². The van der Waals surface area contributed by atoms with Gasteiger partial charge in [0.2, 0.25) is 0 Å². The highest BCUT2D eigenvalue weighted by Crippen LogP contribution is 2.40. The molecule has 0 N–H and O–H groups in total. The Hall–Kier alpha value is -3.37. The number of hydrogen-bond donors (Lipinski definition) is 0. The molecule has 2 aromatic carbocycles. The van der Waals surface area contributed by atoms with Crippen molar-refractivity contribution in [1.29, 1.82) is 0 Å². The van der Waals surface area contributed by atoms with Gasteiger partial charge < -0.3 is 18.9 Å². The number of hydrogen-bond acceptors (Lipinski definition) is 8. The van der Waals surface area contributed by atoms with Crippen LogP contribution in [0.2, 0.25) is 0 Å². The Morgan fingerprint density at radius 1 is 1.14 bits per heavy atom. The molecule has 0 spiro atoms. The molecule has 37 heavy (non-hydrogen) atoms. The van der Waals surface area contributed by atoms with Crippen molar-refractivity contribution in [2.45, 2.75) is 26.8 Å². The van der Waals surface area contributed by atoms with Crippen LogP contribution >= 0.6 is 27.3 Å². The van der Waals surface area contributed by atoms with Gasteiger partial charge in [-0.15, -0.1) is 0 Å². The molecule has 1 aliphatic rings. The zero-order chi connectivity index (χ0) is 26.7. The van der Waals surface area contributed by atoms with E-state index in [-0.39, 0.29) is 17.7 Å². The average Bonchev–Trinajstić information content (AvgIpc) is 3.17. The van der Waals surface area contributed by atoms with Crippen LogP contribution in [0.1, 0.15) is 37.9 Å². The summed E-state index contributed by atoms with van der Waals surface area (Å²) in [6, 6.07) is 10.2. The molecule has 1 atom stereocenters. The van der Waals surface area contributed by atoms with E-state index in [0.717, 1.165) is 11.3 Å². The number of fused-ring (bicyclic) bond motifs is 1. The third-order valence-corrected chi connectivity index (χ3v) is 7.45. The van der Waals surface area contributed by atoms with Gasteiger partial charge in [0.15, 0.2) is 16.3 Å². The highest BCUT2D eigenvalue weighted by atomic mass is 79.9. The van der Waals surface area contributed by atoms with Gasteiger partial charge in [0.05, 0.1) is 49.3 Å². The van der Waals surface area contributed by atoms with E-state index >= 15 is 0 Å². The Balaban J connectivity index is 1.98. The first kappa shape index (κ1) is 26.7. The van der Waals surface area contributed by atoms with Crippen LogP contribution in [0.25, 0.3) is 6.08 Å². The number of aromatic nitrogens is 1. The summed E-state index contributed by atoms with van der Waals surface area (Å²) in [5.41, 5.74) is 1.96. The Bertz CT molecular complexity index is 1560. The molecule has 0 unspecified atom stereocenters. The number of methoxy groups -OCH3 is 2. The molecule has 4 rings (SSSR count). The minimum atomic E-state index is -0.790. The number of ether oxygens (including phenoxy) is 4. The largest absolute Gasteiger partial charge is 0.494 e. The van der Waals surface area contributed by atoms with E-state index in [2.05, 4.69) is 20.9 Å². The van der Waals surface area contributed by atoms with Gasteiger partial charge in [0.25, 0.3) is 5.56 Å². The highest BCUT2D eigenvalue weighted by Gasteiger charge is 2.35. The number of halogens is 1. The monoisotopic (exact) mass is 586 g/mol. The van der Waals surface area contributed by atoms with Crippen LogP contribution in [0, 0.1) is 0 Å². The zero-order valence-corrected chi connectivity index (χ0v) is 23.6. The summed E-state index contributed by atoms with van der Waals surface area (Å²) in [5.74, 6) is 1.16. The lowest BCUT2D eigenvalue weighted by atomic mass is 9.95. The second kappa shape index (κ2) is 11.4. The Morgan fingerprint density at radius 2 is 1.86 bits per heavy atom. The highest BCUT2D eigenvalue weighted by molar-refractivity contribution is 9.10. The fourth-order valence-electron chi connectivity index (χ4n) is 4.18. The SMILES string of the molecule is CCOC(=O)C1=C(C)N=c2s/c(=C\c3cccc(OCC)c3)c(=O)n2[C@@H]1c1cc(OC)c(OC)cc1Br. The van der Waals surface area contributed by atoms with Gasteiger partial charge >= 0.3 is 5.97 Å². The first-order valence-corrected chi connectivity index (χ1v) is 13.3. The second-order valence-corrected chi connectivity index (χ2v) is 9.90. The van der Waals surface area contributed by atoms with Crippen LogP contribution in [-0.2, 0) is 9.53 Å². The predicted octanol–water partition coefficient (Wildman–Crippen LogP) is 3.98. The summed E-state index contributed by atoms with van der Waals surface area (Å²) in [7, 11) is 3.08. The van der Waals surface area contributed by atoms with Gasteiger partial charge in [-0.1, -0.05) is 39.4 Å². The van der Waals surface area contributed by atoms with Crippen LogP contribution in [0.4, 0.5) is 0 Å².